The number of rotatable bonds is 7. The molecule has 4 heterocycles. The third-order valence-corrected chi connectivity index (χ3v) is 9.67. The highest BCUT2D eigenvalue weighted by atomic mass is 33.1. The van der Waals surface area contributed by atoms with E-state index in [1.807, 2.05) is 27.7 Å². The average Bonchev–Trinajstić information content (AvgIpc) is 3.20. The zero-order chi connectivity index (χ0) is 23.2. The molecule has 0 radical (unpaired) electrons. The Morgan fingerprint density at radius 2 is 1.16 bits per heavy atom. The zero-order valence-corrected chi connectivity index (χ0v) is 21.5. The fraction of sp³-hybridized carbons (Fsp3) is 0.273. The van der Waals surface area contributed by atoms with Crippen molar-refractivity contribution < 1.29 is 0 Å². The summed E-state index contributed by atoms with van der Waals surface area (Å²) in [6, 6.07) is 0. The first-order valence-electron chi connectivity index (χ1n) is 9.85. The van der Waals surface area contributed by atoms with Gasteiger partial charge in [0.25, 0.3) is 11.1 Å². The molecule has 0 atom stereocenters. The molecule has 0 aliphatic heterocycles. The summed E-state index contributed by atoms with van der Waals surface area (Å²) >= 11 is 3.04. The molecule has 10 heteroatoms. The van der Waals surface area contributed by atoms with Gasteiger partial charge in [0.15, 0.2) is 10.3 Å². The Bertz CT molecular complexity index is 1390. The maximum atomic E-state index is 13.2. The van der Waals surface area contributed by atoms with Gasteiger partial charge < -0.3 is 0 Å². The second-order valence-electron chi connectivity index (χ2n) is 7.29. The van der Waals surface area contributed by atoms with Crippen LogP contribution in [0.3, 0.4) is 0 Å². The Labute approximate surface area is 201 Å². The standard InChI is InChI=1S/C22H22N4O2S4/c1-7-9-25-19(27)15-11(3)13(5)29-17(15)23-21(25)31-32-22-24-18-16(12(4)14(6)30-18)20(28)26(22)10-8-2/h7-8H,1-2,9-10H2,3-6H3. The van der Waals surface area contributed by atoms with Crippen molar-refractivity contribution >= 4 is 64.7 Å². The van der Waals surface area contributed by atoms with E-state index < -0.39 is 0 Å². The zero-order valence-electron chi connectivity index (χ0n) is 18.2. The van der Waals surface area contributed by atoms with Crippen molar-refractivity contribution in [3.63, 3.8) is 0 Å². The molecule has 0 fully saturated rings. The maximum Gasteiger partial charge on any atom is 0.263 e. The van der Waals surface area contributed by atoms with Crippen molar-refractivity contribution in [3.8, 4) is 0 Å². The number of thiophene rings is 2. The summed E-state index contributed by atoms with van der Waals surface area (Å²) < 4.78 is 3.25. The van der Waals surface area contributed by atoms with E-state index in [2.05, 4.69) is 13.2 Å². The number of aryl methyl sites for hydroxylation is 4. The molecule has 0 saturated heterocycles. The van der Waals surface area contributed by atoms with E-state index in [0.717, 1.165) is 30.5 Å². The van der Waals surface area contributed by atoms with Gasteiger partial charge in [-0.25, -0.2) is 9.97 Å². The topological polar surface area (TPSA) is 69.8 Å². The van der Waals surface area contributed by atoms with Crippen molar-refractivity contribution in [1.82, 2.24) is 19.1 Å². The second kappa shape index (κ2) is 9.01. The van der Waals surface area contributed by atoms with E-state index in [-0.39, 0.29) is 11.1 Å². The first kappa shape index (κ1) is 23.0. The van der Waals surface area contributed by atoms with E-state index in [0.29, 0.717) is 34.2 Å². The van der Waals surface area contributed by atoms with Crippen LogP contribution in [0, 0.1) is 27.7 Å². The first-order chi connectivity index (χ1) is 15.3. The predicted molar refractivity (Wildman–Crippen MR) is 139 cm³/mol. The number of allylic oxidation sites excluding steroid dienone is 2. The Balaban J connectivity index is 1.83. The van der Waals surface area contributed by atoms with Gasteiger partial charge in [-0.2, -0.15) is 0 Å². The minimum absolute atomic E-state index is 0.0729. The van der Waals surface area contributed by atoms with Crippen LogP contribution in [-0.2, 0) is 13.1 Å². The number of hydrogen-bond acceptors (Lipinski definition) is 8. The van der Waals surface area contributed by atoms with Gasteiger partial charge in [-0.05, 0) is 60.4 Å². The van der Waals surface area contributed by atoms with Crippen LogP contribution in [0.4, 0.5) is 0 Å². The van der Waals surface area contributed by atoms with Gasteiger partial charge in [-0.15, -0.1) is 35.8 Å². The molecule has 0 spiro atoms. The van der Waals surface area contributed by atoms with Crippen LogP contribution in [0.25, 0.3) is 20.4 Å². The van der Waals surface area contributed by atoms with Gasteiger partial charge in [0.05, 0.1) is 10.8 Å². The molecule has 4 rings (SSSR count). The van der Waals surface area contributed by atoms with Crippen molar-refractivity contribution in [2.45, 2.75) is 51.1 Å². The van der Waals surface area contributed by atoms with E-state index in [1.54, 1.807) is 21.3 Å². The van der Waals surface area contributed by atoms with Gasteiger partial charge in [-0.1, -0.05) is 12.2 Å². The molecule has 0 aliphatic carbocycles. The molecule has 0 amide bonds. The van der Waals surface area contributed by atoms with Crippen molar-refractivity contribution in [2.75, 3.05) is 0 Å². The Kier molecular flexibility index (Phi) is 6.49. The molecule has 0 unspecified atom stereocenters. The third-order valence-electron chi connectivity index (χ3n) is 5.32. The molecule has 0 saturated carbocycles. The molecule has 32 heavy (non-hydrogen) atoms. The summed E-state index contributed by atoms with van der Waals surface area (Å²) in [5, 5.41) is 2.45. The maximum absolute atomic E-state index is 13.2. The van der Waals surface area contributed by atoms with Gasteiger partial charge in [0.2, 0.25) is 0 Å². The fourth-order valence-electron chi connectivity index (χ4n) is 3.40. The quantitative estimate of drug-likeness (QED) is 0.185. The molecule has 166 valence electrons. The van der Waals surface area contributed by atoms with E-state index in [4.69, 9.17) is 9.97 Å². The van der Waals surface area contributed by atoms with Gasteiger partial charge in [0, 0.05) is 22.8 Å². The average molecular weight is 503 g/mol. The lowest BCUT2D eigenvalue weighted by molar-refractivity contribution is 0.671. The summed E-state index contributed by atoms with van der Waals surface area (Å²) in [5.74, 6) is 0. The van der Waals surface area contributed by atoms with Crippen LogP contribution in [0.2, 0.25) is 0 Å². The summed E-state index contributed by atoms with van der Waals surface area (Å²) in [5.41, 5.74) is 1.80. The minimum Gasteiger partial charge on any atom is -0.282 e. The third kappa shape index (κ3) is 3.79. The lowest BCUT2D eigenvalue weighted by Gasteiger charge is -2.12. The SMILES string of the molecule is C=CCn1c(SSc2nc3sc(C)c(C)c3c(=O)n2CC=C)nc2sc(C)c(C)c2c1=O. The smallest absolute Gasteiger partial charge is 0.263 e. The molecule has 6 nitrogen and oxygen atoms in total. The molecule has 4 aromatic heterocycles. The lowest BCUT2D eigenvalue weighted by atomic mass is 10.2. The largest absolute Gasteiger partial charge is 0.282 e. The van der Waals surface area contributed by atoms with Crippen LogP contribution in [0.15, 0.2) is 45.2 Å². The van der Waals surface area contributed by atoms with E-state index in [1.165, 1.54) is 44.3 Å². The molecule has 0 aromatic carbocycles. The van der Waals surface area contributed by atoms with Crippen LogP contribution in [0.5, 0.6) is 0 Å². The monoisotopic (exact) mass is 502 g/mol. The Hall–Kier alpha value is -2.14. The molecule has 0 aliphatic rings. The summed E-state index contributed by atoms with van der Waals surface area (Å²) in [7, 11) is 2.66. The van der Waals surface area contributed by atoms with Gasteiger partial charge in [0.1, 0.15) is 9.66 Å². The lowest BCUT2D eigenvalue weighted by Crippen LogP contribution is -2.23. The number of nitrogens with zero attached hydrogens (tertiary/aromatic N) is 4. The Morgan fingerprint density at radius 3 is 1.50 bits per heavy atom. The van der Waals surface area contributed by atoms with Gasteiger partial charge in [-0.3, -0.25) is 18.7 Å². The summed E-state index contributed by atoms with van der Waals surface area (Å²) in [6.45, 7) is 16.2. The van der Waals surface area contributed by atoms with Crippen LogP contribution < -0.4 is 11.1 Å². The molecular weight excluding hydrogens is 481 g/mol. The Morgan fingerprint density at radius 1 is 0.781 bits per heavy atom. The minimum atomic E-state index is -0.0729. The molecular formula is C22H22N4O2S4. The normalized spacial score (nSPS) is 11.5. The highest BCUT2D eigenvalue weighted by Crippen LogP contribution is 2.38. The number of aromatic nitrogens is 4. The van der Waals surface area contributed by atoms with Crippen molar-refractivity contribution in [1.29, 1.82) is 0 Å². The van der Waals surface area contributed by atoms with Crippen LogP contribution in [-0.4, -0.2) is 19.1 Å². The second-order valence-corrected chi connectivity index (χ2v) is 11.8. The molecule has 0 bridgehead atoms. The first-order valence-corrected chi connectivity index (χ1v) is 13.6. The van der Waals surface area contributed by atoms with Crippen molar-refractivity contribution in [2.24, 2.45) is 0 Å². The highest BCUT2D eigenvalue weighted by Gasteiger charge is 2.20. The van der Waals surface area contributed by atoms with Crippen LogP contribution in [0.1, 0.15) is 20.9 Å². The predicted octanol–water partition coefficient (Wildman–Crippen LogP) is 5.63. The molecule has 4 aromatic rings. The van der Waals surface area contributed by atoms with E-state index >= 15 is 0 Å². The molecule has 0 N–H and O–H groups in total. The summed E-state index contributed by atoms with van der Waals surface area (Å²) in [6.07, 6.45) is 3.38. The van der Waals surface area contributed by atoms with E-state index in [9.17, 15) is 9.59 Å². The fourth-order valence-corrected chi connectivity index (χ4v) is 7.67. The number of fused-ring (bicyclic) bond motifs is 2. The van der Waals surface area contributed by atoms with Crippen LogP contribution >= 0.6 is 44.3 Å². The highest BCUT2D eigenvalue weighted by molar-refractivity contribution is 8.76. The number of hydrogen-bond donors (Lipinski definition) is 0. The summed E-state index contributed by atoms with van der Waals surface area (Å²) in [4.78, 5) is 39.6. The van der Waals surface area contributed by atoms with Crippen molar-refractivity contribution in [3.05, 3.63) is 66.9 Å². The van der Waals surface area contributed by atoms with Gasteiger partial charge >= 0.3 is 0 Å².